The zero-order chi connectivity index (χ0) is 26.6. The van der Waals surface area contributed by atoms with Gasteiger partial charge < -0.3 is 10.4 Å². The van der Waals surface area contributed by atoms with Gasteiger partial charge in [-0.1, -0.05) is 49.0 Å². The molecule has 1 aromatic rings. The summed E-state index contributed by atoms with van der Waals surface area (Å²) >= 11 is 1.19. The normalized spacial score (nSPS) is 15.0. The lowest BCUT2D eigenvalue weighted by Gasteiger charge is -2.29. The SMILES string of the molecule is CCCCC#Cc1cc(SN(C)CC(O)CNC(C)(C)CCCC2=CCCC=C2)cc(C(F)(F)F)c1. The minimum Gasteiger partial charge on any atom is -0.390 e. The number of allylic oxidation sites excluding steroid dienone is 4. The quantitative estimate of drug-likeness (QED) is 0.161. The van der Waals surface area contributed by atoms with E-state index in [1.807, 2.05) is 0 Å². The second-order valence-electron chi connectivity index (χ2n) is 10.1. The Morgan fingerprint density at radius 1 is 1.17 bits per heavy atom. The molecule has 7 heteroatoms. The molecular weight excluding hydrogens is 481 g/mol. The molecule has 1 unspecified atom stereocenters. The summed E-state index contributed by atoms with van der Waals surface area (Å²) in [6.07, 6.45) is 9.62. The summed E-state index contributed by atoms with van der Waals surface area (Å²) in [4.78, 5) is 0.457. The topological polar surface area (TPSA) is 35.5 Å². The van der Waals surface area contributed by atoms with E-state index in [0.717, 1.165) is 57.1 Å². The molecule has 0 aliphatic heterocycles. The second-order valence-corrected chi connectivity index (χ2v) is 11.4. The first-order valence-electron chi connectivity index (χ1n) is 12.9. The number of nitrogens with one attached hydrogen (secondary N) is 1. The molecule has 1 aromatic carbocycles. The van der Waals surface area contributed by atoms with Gasteiger partial charge in [-0.05, 0) is 89.6 Å². The molecule has 1 aliphatic carbocycles. The Bertz CT molecular complexity index is 944. The minimum atomic E-state index is -4.44. The van der Waals surface area contributed by atoms with Crippen LogP contribution in [0.25, 0.3) is 0 Å². The molecule has 0 radical (unpaired) electrons. The van der Waals surface area contributed by atoms with Gasteiger partial charge in [0.15, 0.2) is 0 Å². The second kappa shape index (κ2) is 14.9. The van der Waals surface area contributed by atoms with Crippen molar-refractivity contribution in [3.05, 3.63) is 53.1 Å². The van der Waals surface area contributed by atoms with Gasteiger partial charge in [0.05, 0.1) is 11.7 Å². The molecule has 0 bridgehead atoms. The minimum absolute atomic E-state index is 0.113. The third-order valence-corrected chi connectivity index (χ3v) is 6.91. The number of likely N-dealkylation sites (N-methyl/N-ethyl adjacent to an activating group) is 1. The molecule has 2 rings (SSSR count). The molecular formula is C29H41F3N2OS. The number of halogens is 3. The maximum atomic E-state index is 13.4. The monoisotopic (exact) mass is 522 g/mol. The van der Waals surface area contributed by atoms with Gasteiger partial charge in [-0.25, -0.2) is 4.31 Å². The summed E-state index contributed by atoms with van der Waals surface area (Å²) in [6, 6.07) is 3.92. The molecule has 0 aromatic heterocycles. The number of hydrogen-bond acceptors (Lipinski definition) is 4. The predicted octanol–water partition coefficient (Wildman–Crippen LogP) is 7.36. The fourth-order valence-corrected chi connectivity index (χ4v) is 4.93. The number of nitrogens with zero attached hydrogens (tertiary/aromatic N) is 1. The van der Waals surface area contributed by atoms with Crippen molar-refractivity contribution in [3.8, 4) is 11.8 Å². The van der Waals surface area contributed by atoms with E-state index in [0.29, 0.717) is 30.0 Å². The maximum absolute atomic E-state index is 13.4. The van der Waals surface area contributed by atoms with Gasteiger partial charge in [-0.15, -0.1) is 0 Å². The highest BCUT2D eigenvalue weighted by Crippen LogP contribution is 2.34. The molecule has 3 nitrogen and oxygen atoms in total. The molecule has 0 saturated carbocycles. The van der Waals surface area contributed by atoms with E-state index >= 15 is 0 Å². The van der Waals surface area contributed by atoms with E-state index in [1.165, 1.54) is 17.5 Å². The maximum Gasteiger partial charge on any atom is 0.416 e. The Morgan fingerprint density at radius 3 is 2.61 bits per heavy atom. The smallest absolute Gasteiger partial charge is 0.390 e. The highest BCUT2D eigenvalue weighted by Gasteiger charge is 2.31. The van der Waals surface area contributed by atoms with Crippen molar-refractivity contribution < 1.29 is 18.3 Å². The van der Waals surface area contributed by atoms with E-state index in [4.69, 9.17) is 0 Å². The number of hydrogen-bond donors (Lipinski definition) is 2. The molecule has 0 heterocycles. The standard InChI is InChI=1S/C29H41F3N2OS/c1-5-6-7-9-15-24-18-25(29(30,31)32)20-27(19-24)36-34(4)22-26(35)21-33-28(2,3)17-12-16-23-13-10-8-11-14-23/h10,13-14,18-20,26,33,35H,5-8,11-12,16-17,21-22H2,1-4H3. The highest BCUT2D eigenvalue weighted by atomic mass is 32.2. The van der Waals surface area contributed by atoms with E-state index in [-0.39, 0.29) is 5.54 Å². The molecule has 200 valence electrons. The zero-order valence-corrected chi connectivity index (χ0v) is 22.9. The molecule has 1 atom stereocenters. The van der Waals surface area contributed by atoms with Crippen molar-refractivity contribution >= 4 is 11.9 Å². The molecule has 2 N–H and O–H groups in total. The largest absolute Gasteiger partial charge is 0.416 e. The van der Waals surface area contributed by atoms with Crippen LogP contribution in [0.2, 0.25) is 0 Å². The van der Waals surface area contributed by atoms with Crippen LogP contribution in [-0.4, -0.2) is 41.2 Å². The summed E-state index contributed by atoms with van der Waals surface area (Å²) in [5, 5.41) is 14.0. The Balaban J connectivity index is 1.87. The number of aliphatic hydroxyl groups is 1. The van der Waals surface area contributed by atoms with Crippen molar-refractivity contribution in [2.75, 3.05) is 20.1 Å². The van der Waals surface area contributed by atoms with Crippen LogP contribution in [0.1, 0.15) is 83.3 Å². The number of rotatable bonds is 13. The number of aliphatic hydroxyl groups excluding tert-OH is 1. The van der Waals surface area contributed by atoms with Crippen molar-refractivity contribution in [2.24, 2.45) is 0 Å². The number of alkyl halides is 3. The van der Waals surface area contributed by atoms with Crippen molar-refractivity contribution in [3.63, 3.8) is 0 Å². The van der Waals surface area contributed by atoms with Crippen LogP contribution in [0.4, 0.5) is 13.2 Å². The fourth-order valence-electron chi connectivity index (χ4n) is 3.97. The fraction of sp³-hybridized carbons (Fsp3) is 0.586. The molecule has 0 fully saturated rings. The number of benzene rings is 1. The number of β-amino-alcohol motifs (C(OH)–C–C–N with tert-alkyl or cyclic N) is 1. The van der Waals surface area contributed by atoms with Gasteiger partial charge in [0.1, 0.15) is 0 Å². The van der Waals surface area contributed by atoms with Crippen LogP contribution in [0, 0.1) is 11.8 Å². The summed E-state index contributed by atoms with van der Waals surface area (Å²) < 4.78 is 42.0. The van der Waals surface area contributed by atoms with Crippen LogP contribution in [0.3, 0.4) is 0 Å². The van der Waals surface area contributed by atoms with E-state index < -0.39 is 17.8 Å². The lowest BCUT2D eigenvalue weighted by Crippen LogP contribution is -2.45. The lowest BCUT2D eigenvalue weighted by molar-refractivity contribution is -0.137. The van der Waals surface area contributed by atoms with Crippen LogP contribution >= 0.6 is 11.9 Å². The molecule has 36 heavy (non-hydrogen) atoms. The third kappa shape index (κ3) is 12.0. The van der Waals surface area contributed by atoms with Crippen LogP contribution < -0.4 is 5.32 Å². The van der Waals surface area contributed by atoms with Gasteiger partial charge in [0, 0.05) is 35.5 Å². The molecule has 0 amide bonds. The van der Waals surface area contributed by atoms with E-state index in [9.17, 15) is 18.3 Å². The molecule has 0 saturated heterocycles. The lowest BCUT2D eigenvalue weighted by atomic mass is 9.94. The van der Waals surface area contributed by atoms with Gasteiger partial charge >= 0.3 is 6.18 Å². The van der Waals surface area contributed by atoms with Crippen LogP contribution in [0.15, 0.2) is 46.9 Å². The van der Waals surface area contributed by atoms with Crippen molar-refractivity contribution in [2.45, 2.75) is 94.9 Å². The number of unbranched alkanes of at least 4 members (excludes halogenated alkanes) is 2. The Kier molecular flexibility index (Phi) is 12.6. The summed E-state index contributed by atoms with van der Waals surface area (Å²) in [6.45, 7) is 7.05. The third-order valence-electron chi connectivity index (χ3n) is 6.01. The Labute approximate surface area is 219 Å². The first-order valence-corrected chi connectivity index (χ1v) is 13.6. The summed E-state index contributed by atoms with van der Waals surface area (Å²) in [5.41, 5.74) is 0.947. The van der Waals surface area contributed by atoms with Gasteiger partial charge in [-0.3, -0.25) is 0 Å². The molecule has 1 aliphatic rings. The van der Waals surface area contributed by atoms with Gasteiger partial charge in [0.2, 0.25) is 0 Å². The van der Waals surface area contributed by atoms with Gasteiger partial charge in [0.25, 0.3) is 0 Å². The highest BCUT2D eigenvalue weighted by molar-refractivity contribution is 7.97. The Hall–Kier alpha value is -1.72. The summed E-state index contributed by atoms with van der Waals surface area (Å²) in [7, 11) is 1.78. The zero-order valence-electron chi connectivity index (χ0n) is 22.0. The van der Waals surface area contributed by atoms with Gasteiger partial charge in [-0.2, -0.15) is 13.2 Å². The summed E-state index contributed by atoms with van der Waals surface area (Å²) in [5.74, 6) is 5.84. The average Bonchev–Trinajstić information content (AvgIpc) is 2.80. The van der Waals surface area contributed by atoms with E-state index in [2.05, 4.69) is 56.2 Å². The van der Waals surface area contributed by atoms with Crippen molar-refractivity contribution in [1.29, 1.82) is 0 Å². The first-order chi connectivity index (χ1) is 17.0. The predicted molar refractivity (Wildman–Crippen MR) is 145 cm³/mol. The average molecular weight is 523 g/mol. The van der Waals surface area contributed by atoms with E-state index in [1.54, 1.807) is 17.4 Å². The molecule has 0 spiro atoms. The van der Waals surface area contributed by atoms with Crippen LogP contribution in [-0.2, 0) is 6.18 Å². The Morgan fingerprint density at radius 2 is 1.94 bits per heavy atom. The first kappa shape index (κ1) is 30.5. The van der Waals surface area contributed by atoms with Crippen molar-refractivity contribution in [1.82, 2.24) is 9.62 Å². The van der Waals surface area contributed by atoms with Crippen LogP contribution in [0.5, 0.6) is 0 Å².